The molecule has 1 aliphatic heterocycles. The first-order chi connectivity index (χ1) is 15.0. The number of benzene rings is 2. The first kappa shape index (κ1) is 22.5. The largest absolute Gasteiger partial charge is 0.496 e. The summed E-state index contributed by atoms with van der Waals surface area (Å²) in [6.45, 7) is 1.14. The van der Waals surface area contributed by atoms with Gasteiger partial charge < -0.3 is 24.4 Å². The average molecular weight is 427 g/mol. The van der Waals surface area contributed by atoms with Crippen LogP contribution in [-0.4, -0.2) is 57.2 Å². The Balaban J connectivity index is 1.54. The number of hydrogen-bond donors (Lipinski definition) is 1. The van der Waals surface area contributed by atoms with E-state index in [1.54, 1.807) is 17.0 Å². The topological polar surface area (TPSA) is 77.1 Å². The van der Waals surface area contributed by atoms with Gasteiger partial charge in [0, 0.05) is 37.7 Å². The van der Waals surface area contributed by atoms with Gasteiger partial charge in [0.1, 0.15) is 5.75 Å². The molecule has 2 aromatic rings. The monoisotopic (exact) mass is 426 g/mol. The van der Waals surface area contributed by atoms with Crippen LogP contribution in [0.5, 0.6) is 17.2 Å². The van der Waals surface area contributed by atoms with Gasteiger partial charge in [-0.15, -0.1) is 0 Å². The standard InChI is InChI=1S/C24H30N2O5/c1-29-20-16-22(31-3)21(30-2)15-19(20)24(28)26-13-11-18(12-14-26)25-23(27)10-9-17-7-5-4-6-8-17/h4-8,15-16,18H,9-14H2,1-3H3,(H,25,27). The van der Waals surface area contributed by atoms with Crippen LogP contribution in [0.1, 0.15) is 35.2 Å². The van der Waals surface area contributed by atoms with Gasteiger partial charge in [-0.1, -0.05) is 30.3 Å². The van der Waals surface area contributed by atoms with Crippen LogP contribution in [0.2, 0.25) is 0 Å². The normalized spacial score (nSPS) is 14.1. The number of nitrogens with one attached hydrogen (secondary N) is 1. The zero-order valence-corrected chi connectivity index (χ0v) is 18.3. The van der Waals surface area contributed by atoms with E-state index in [1.807, 2.05) is 30.3 Å². The molecule has 0 spiro atoms. The summed E-state index contributed by atoms with van der Waals surface area (Å²) in [5, 5.41) is 3.11. The smallest absolute Gasteiger partial charge is 0.257 e. The lowest BCUT2D eigenvalue weighted by molar-refractivity contribution is -0.122. The third-order valence-corrected chi connectivity index (χ3v) is 5.57. The second-order valence-corrected chi connectivity index (χ2v) is 7.53. The lowest BCUT2D eigenvalue weighted by Crippen LogP contribution is -2.46. The van der Waals surface area contributed by atoms with Crippen molar-refractivity contribution in [3.8, 4) is 17.2 Å². The summed E-state index contributed by atoms with van der Waals surface area (Å²) >= 11 is 0. The molecule has 0 aliphatic carbocycles. The lowest BCUT2D eigenvalue weighted by atomic mass is 10.0. The Bertz CT molecular complexity index is 892. The maximum atomic E-state index is 13.1. The first-order valence-electron chi connectivity index (χ1n) is 10.5. The molecule has 0 aromatic heterocycles. The van der Waals surface area contributed by atoms with Gasteiger partial charge in [-0.2, -0.15) is 0 Å². The van der Waals surface area contributed by atoms with E-state index in [4.69, 9.17) is 14.2 Å². The molecule has 7 nitrogen and oxygen atoms in total. The predicted molar refractivity (Wildman–Crippen MR) is 118 cm³/mol. The van der Waals surface area contributed by atoms with E-state index >= 15 is 0 Å². The molecule has 2 aromatic carbocycles. The molecular formula is C24H30N2O5. The number of methoxy groups -OCH3 is 3. The number of ether oxygens (including phenoxy) is 3. The number of rotatable bonds is 8. The van der Waals surface area contributed by atoms with Crippen LogP contribution in [0.3, 0.4) is 0 Å². The van der Waals surface area contributed by atoms with Crippen LogP contribution in [0.4, 0.5) is 0 Å². The van der Waals surface area contributed by atoms with E-state index in [2.05, 4.69) is 5.32 Å². The van der Waals surface area contributed by atoms with Crippen molar-refractivity contribution in [1.29, 1.82) is 0 Å². The van der Waals surface area contributed by atoms with Crippen molar-refractivity contribution in [2.24, 2.45) is 0 Å². The molecule has 31 heavy (non-hydrogen) atoms. The van der Waals surface area contributed by atoms with Crippen LogP contribution in [0.15, 0.2) is 42.5 Å². The molecule has 0 unspecified atom stereocenters. The Morgan fingerprint density at radius 3 is 2.16 bits per heavy atom. The van der Waals surface area contributed by atoms with Gasteiger partial charge in [0.25, 0.3) is 5.91 Å². The molecule has 1 N–H and O–H groups in total. The van der Waals surface area contributed by atoms with E-state index in [0.29, 0.717) is 42.3 Å². The highest BCUT2D eigenvalue weighted by Crippen LogP contribution is 2.35. The fourth-order valence-electron chi connectivity index (χ4n) is 3.80. The first-order valence-corrected chi connectivity index (χ1v) is 10.5. The summed E-state index contributed by atoms with van der Waals surface area (Å²) in [5.41, 5.74) is 1.59. The Hall–Kier alpha value is -3.22. The van der Waals surface area contributed by atoms with Crippen LogP contribution >= 0.6 is 0 Å². The number of aryl methyl sites for hydroxylation is 1. The molecule has 0 bridgehead atoms. The minimum atomic E-state index is -0.119. The van der Waals surface area contributed by atoms with Crippen LogP contribution < -0.4 is 19.5 Å². The molecule has 1 saturated heterocycles. The summed E-state index contributed by atoms with van der Waals surface area (Å²) in [4.78, 5) is 27.2. The number of carbonyl (C=O) groups excluding carboxylic acids is 2. The van der Waals surface area contributed by atoms with Gasteiger partial charge in [0.15, 0.2) is 11.5 Å². The number of piperidine rings is 1. The van der Waals surface area contributed by atoms with Gasteiger partial charge in [-0.3, -0.25) is 9.59 Å². The molecule has 0 saturated carbocycles. The molecule has 7 heteroatoms. The number of amides is 2. The second kappa shape index (κ2) is 10.7. The quantitative estimate of drug-likeness (QED) is 0.702. The summed E-state index contributed by atoms with van der Waals surface area (Å²) < 4.78 is 16.0. The van der Waals surface area contributed by atoms with Gasteiger partial charge in [0.05, 0.1) is 26.9 Å². The third kappa shape index (κ3) is 5.69. The number of hydrogen-bond acceptors (Lipinski definition) is 5. The predicted octanol–water partition coefficient (Wildman–Crippen LogP) is 3.07. The molecule has 166 valence electrons. The average Bonchev–Trinajstić information content (AvgIpc) is 2.82. The van der Waals surface area contributed by atoms with Gasteiger partial charge in [0.2, 0.25) is 5.91 Å². The maximum absolute atomic E-state index is 13.1. The van der Waals surface area contributed by atoms with Crippen molar-refractivity contribution in [1.82, 2.24) is 10.2 Å². The molecule has 0 atom stereocenters. The van der Waals surface area contributed by atoms with E-state index in [1.165, 1.54) is 21.3 Å². The summed E-state index contributed by atoms with van der Waals surface area (Å²) in [6.07, 6.45) is 2.63. The molecule has 2 amide bonds. The van der Waals surface area contributed by atoms with Crippen LogP contribution in [0.25, 0.3) is 0 Å². The van der Waals surface area contributed by atoms with E-state index < -0.39 is 0 Å². The molecule has 1 aliphatic rings. The highest BCUT2D eigenvalue weighted by molar-refractivity contribution is 5.98. The van der Waals surface area contributed by atoms with Gasteiger partial charge in [-0.05, 0) is 24.8 Å². The molecule has 1 fully saturated rings. The van der Waals surface area contributed by atoms with Crippen molar-refractivity contribution >= 4 is 11.8 Å². The fourth-order valence-corrected chi connectivity index (χ4v) is 3.80. The Labute approximate surface area is 183 Å². The molecule has 3 rings (SSSR count). The Morgan fingerprint density at radius 2 is 1.55 bits per heavy atom. The number of likely N-dealkylation sites (tertiary alicyclic amines) is 1. The van der Waals surface area contributed by atoms with Crippen molar-refractivity contribution in [2.75, 3.05) is 34.4 Å². The highest BCUT2D eigenvalue weighted by atomic mass is 16.5. The van der Waals surface area contributed by atoms with E-state index in [-0.39, 0.29) is 17.9 Å². The van der Waals surface area contributed by atoms with E-state index in [0.717, 1.165) is 24.8 Å². The lowest BCUT2D eigenvalue weighted by Gasteiger charge is -2.33. The van der Waals surface area contributed by atoms with Gasteiger partial charge in [-0.25, -0.2) is 0 Å². The molecular weight excluding hydrogens is 396 g/mol. The third-order valence-electron chi connectivity index (χ3n) is 5.57. The zero-order valence-electron chi connectivity index (χ0n) is 18.3. The maximum Gasteiger partial charge on any atom is 0.257 e. The van der Waals surface area contributed by atoms with Crippen molar-refractivity contribution < 1.29 is 23.8 Å². The van der Waals surface area contributed by atoms with Crippen LogP contribution in [0, 0.1) is 0 Å². The summed E-state index contributed by atoms with van der Waals surface area (Å²) in [7, 11) is 4.59. The molecule has 0 radical (unpaired) electrons. The van der Waals surface area contributed by atoms with Gasteiger partial charge >= 0.3 is 0 Å². The van der Waals surface area contributed by atoms with E-state index in [9.17, 15) is 9.59 Å². The van der Waals surface area contributed by atoms with Crippen molar-refractivity contribution in [2.45, 2.75) is 31.7 Å². The Kier molecular flexibility index (Phi) is 7.76. The summed E-state index contributed by atoms with van der Waals surface area (Å²) in [6, 6.07) is 13.4. The highest BCUT2D eigenvalue weighted by Gasteiger charge is 2.27. The van der Waals surface area contributed by atoms with Crippen molar-refractivity contribution in [3.63, 3.8) is 0 Å². The van der Waals surface area contributed by atoms with Crippen molar-refractivity contribution in [3.05, 3.63) is 53.6 Å². The minimum Gasteiger partial charge on any atom is -0.496 e. The number of nitrogens with zero attached hydrogens (tertiary/aromatic N) is 1. The Morgan fingerprint density at radius 1 is 0.935 bits per heavy atom. The second-order valence-electron chi connectivity index (χ2n) is 7.53. The fraction of sp³-hybridized carbons (Fsp3) is 0.417. The van der Waals surface area contributed by atoms with Crippen LogP contribution in [-0.2, 0) is 11.2 Å². The number of carbonyl (C=O) groups is 2. The SMILES string of the molecule is COc1cc(OC)c(C(=O)N2CCC(NC(=O)CCc3ccccc3)CC2)cc1OC. The molecule has 1 heterocycles. The minimum absolute atomic E-state index is 0.0511. The zero-order chi connectivity index (χ0) is 22.2. The summed E-state index contributed by atoms with van der Waals surface area (Å²) in [5.74, 6) is 1.36.